The standard InChI is InChI=1S/C21H30FN3O2/c1-15-6-5-7-16(2)25(15)20(26)14-24-12-10-17(11-13-24)23-21(27)18-8-3-4-9-19(18)22/h3-4,8-9,15-17H,5-7,10-14H2,1-2H3,(H,23,27). The van der Waals surface area contributed by atoms with Crippen molar-refractivity contribution in [2.24, 2.45) is 0 Å². The molecule has 0 spiro atoms. The Morgan fingerprint density at radius 1 is 1.07 bits per heavy atom. The Morgan fingerprint density at radius 3 is 2.33 bits per heavy atom. The number of nitrogens with zero attached hydrogens (tertiary/aromatic N) is 2. The molecular weight excluding hydrogens is 345 g/mol. The van der Waals surface area contributed by atoms with Gasteiger partial charge in [0, 0.05) is 31.2 Å². The molecular formula is C21H30FN3O2. The van der Waals surface area contributed by atoms with Crippen LogP contribution < -0.4 is 5.32 Å². The van der Waals surface area contributed by atoms with Crippen LogP contribution in [0.25, 0.3) is 0 Å². The van der Waals surface area contributed by atoms with Crippen molar-refractivity contribution < 1.29 is 14.0 Å². The number of amides is 2. The zero-order valence-electron chi connectivity index (χ0n) is 16.3. The Balaban J connectivity index is 1.47. The Bertz CT molecular complexity index is 663. The lowest BCUT2D eigenvalue weighted by molar-refractivity contribution is -0.138. The third kappa shape index (κ3) is 4.86. The van der Waals surface area contributed by atoms with Crippen LogP contribution in [0.3, 0.4) is 0 Å². The highest BCUT2D eigenvalue weighted by Gasteiger charge is 2.31. The first-order chi connectivity index (χ1) is 13.0. The molecule has 0 saturated carbocycles. The van der Waals surface area contributed by atoms with Gasteiger partial charge < -0.3 is 10.2 Å². The van der Waals surface area contributed by atoms with Crippen LogP contribution >= 0.6 is 0 Å². The van der Waals surface area contributed by atoms with Gasteiger partial charge in [0.25, 0.3) is 5.91 Å². The van der Waals surface area contributed by atoms with Crippen molar-refractivity contribution in [2.75, 3.05) is 19.6 Å². The quantitative estimate of drug-likeness (QED) is 0.880. The number of rotatable bonds is 4. The van der Waals surface area contributed by atoms with Gasteiger partial charge in [-0.3, -0.25) is 14.5 Å². The fourth-order valence-electron chi connectivity index (χ4n) is 4.33. The molecule has 0 aromatic heterocycles. The van der Waals surface area contributed by atoms with E-state index < -0.39 is 5.82 Å². The molecule has 0 bridgehead atoms. The highest BCUT2D eigenvalue weighted by molar-refractivity contribution is 5.94. The smallest absolute Gasteiger partial charge is 0.254 e. The number of piperidine rings is 2. The zero-order chi connectivity index (χ0) is 19.4. The van der Waals surface area contributed by atoms with Gasteiger partial charge in [-0.25, -0.2) is 4.39 Å². The average Bonchev–Trinajstić information content (AvgIpc) is 2.63. The summed E-state index contributed by atoms with van der Waals surface area (Å²) in [5.74, 6) is -0.648. The first-order valence-electron chi connectivity index (χ1n) is 10.0. The van der Waals surface area contributed by atoms with E-state index in [0.29, 0.717) is 18.6 Å². The molecule has 2 aliphatic rings. The molecule has 27 heavy (non-hydrogen) atoms. The lowest BCUT2D eigenvalue weighted by atomic mass is 9.97. The summed E-state index contributed by atoms with van der Waals surface area (Å²) < 4.78 is 13.7. The van der Waals surface area contributed by atoms with Gasteiger partial charge in [-0.2, -0.15) is 0 Å². The van der Waals surface area contributed by atoms with Crippen molar-refractivity contribution in [3.8, 4) is 0 Å². The fraction of sp³-hybridized carbons (Fsp3) is 0.619. The summed E-state index contributed by atoms with van der Waals surface area (Å²) in [4.78, 5) is 29.2. The molecule has 6 heteroatoms. The molecule has 2 heterocycles. The minimum atomic E-state index is -0.497. The van der Waals surface area contributed by atoms with E-state index in [-0.39, 0.29) is 23.4 Å². The lowest BCUT2D eigenvalue weighted by Gasteiger charge is -2.41. The molecule has 5 nitrogen and oxygen atoms in total. The number of benzene rings is 1. The number of carbonyl (C=O) groups excluding carboxylic acids is 2. The topological polar surface area (TPSA) is 52.7 Å². The van der Waals surface area contributed by atoms with E-state index in [4.69, 9.17) is 0 Å². The van der Waals surface area contributed by atoms with E-state index in [1.807, 2.05) is 0 Å². The second kappa shape index (κ2) is 8.83. The van der Waals surface area contributed by atoms with E-state index in [1.165, 1.54) is 18.6 Å². The van der Waals surface area contributed by atoms with E-state index in [2.05, 4.69) is 29.0 Å². The molecule has 1 aromatic rings. The molecule has 2 saturated heterocycles. The van der Waals surface area contributed by atoms with Crippen LogP contribution in [0.5, 0.6) is 0 Å². The predicted molar refractivity (Wildman–Crippen MR) is 103 cm³/mol. The summed E-state index contributed by atoms with van der Waals surface area (Å²) >= 11 is 0. The van der Waals surface area contributed by atoms with Gasteiger partial charge in [0.05, 0.1) is 12.1 Å². The van der Waals surface area contributed by atoms with Crippen LogP contribution in [0.4, 0.5) is 4.39 Å². The number of hydrogen-bond acceptors (Lipinski definition) is 3. The van der Waals surface area contributed by atoms with Crippen molar-refractivity contribution in [3.63, 3.8) is 0 Å². The second-order valence-corrected chi connectivity index (χ2v) is 7.93. The van der Waals surface area contributed by atoms with Crippen molar-refractivity contribution >= 4 is 11.8 Å². The van der Waals surface area contributed by atoms with Gasteiger partial charge in [0.2, 0.25) is 5.91 Å². The monoisotopic (exact) mass is 375 g/mol. The summed E-state index contributed by atoms with van der Waals surface area (Å²) in [5, 5.41) is 2.93. The molecule has 0 aliphatic carbocycles. The van der Waals surface area contributed by atoms with Gasteiger partial charge in [-0.15, -0.1) is 0 Å². The summed E-state index contributed by atoms with van der Waals surface area (Å²) in [6.45, 7) is 6.26. The molecule has 148 valence electrons. The summed E-state index contributed by atoms with van der Waals surface area (Å²) in [6, 6.07) is 6.69. The van der Waals surface area contributed by atoms with Crippen LogP contribution in [0.15, 0.2) is 24.3 Å². The summed E-state index contributed by atoms with van der Waals surface area (Å²) in [6.07, 6.45) is 4.91. The lowest BCUT2D eigenvalue weighted by Crippen LogP contribution is -2.53. The van der Waals surface area contributed by atoms with Crippen LogP contribution in [0, 0.1) is 5.82 Å². The van der Waals surface area contributed by atoms with Gasteiger partial charge in [0.1, 0.15) is 5.82 Å². The Morgan fingerprint density at radius 2 is 1.70 bits per heavy atom. The van der Waals surface area contributed by atoms with Crippen molar-refractivity contribution in [2.45, 2.75) is 64.1 Å². The molecule has 2 fully saturated rings. The minimum absolute atomic E-state index is 0.0243. The first-order valence-corrected chi connectivity index (χ1v) is 10.0. The SMILES string of the molecule is CC1CCCC(C)N1C(=O)CN1CCC(NC(=O)c2ccccc2F)CC1. The molecule has 1 N–H and O–H groups in total. The number of halogens is 1. The van der Waals surface area contributed by atoms with E-state index in [1.54, 1.807) is 12.1 Å². The number of nitrogens with one attached hydrogen (secondary N) is 1. The second-order valence-electron chi connectivity index (χ2n) is 7.93. The number of likely N-dealkylation sites (tertiary alicyclic amines) is 2. The van der Waals surface area contributed by atoms with E-state index in [9.17, 15) is 14.0 Å². The minimum Gasteiger partial charge on any atom is -0.349 e. The predicted octanol–water partition coefficient (Wildman–Crippen LogP) is 2.81. The Kier molecular flexibility index (Phi) is 6.47. The molecule has 2 atom stereocenters. The third-order valence-electron chi connectivity index (χ3n) is 5.88. The van der Waals surface area contributed by atoms with Crippen molar-refractivity contribution in [3.05, 3.63) is 35.6 Å². The number of hydrogen-bond donors (Lipinski definition) is 1. The Labute approximate surface area is 160 Å². The van der Waals surface area contributed by atoms with Crippen LogP contribution in [-0.4, -0.2) is 59.4 Å². The molecule has 3 rings (SSSR count). The van der Waals surface area contributed by atoms with Crippen molar-refractivity contribution in [1.82, 2.24) is 15.1 Å². The highest BCUT2D eigenvalue weighted by Crippen LogP contribution is 2.23. The van der Waals surface area contributed by atoms with Gasteiger partial charge in [-0.1, -0.05) is 12.1 Å². The normalized spacial score (nSPS) is 24.6. The molecule has 1 aromatic carbocycles. The first kappa shape index (κ1) is 19.8. The molecule has 2 aliphatic heterocycles. The fourth-order valence-corrected chi connectivity index (χ4v) is 4.33. The van der Waals surface area contributed by atoms with Crippen LogP contribution in [-0.2, 0) is 4.79 Å². The summed E-state index contributed by atoms with van der Waals surface area (Å²) in [7, 11) is 0. The van der Waals surface area contributed by atoms with E-state index in [0.717, 1.165) is 38.8 Å². The number of carbonyl (C=O) groups is 2. The maximum absolute atomic E-state index is 13.7. The summed E-state index contributed by atoms with van der Waals surface area (Å²) in [5.41, 5.74) is 0.0863. The maximum Gasteiger partial charge on any atom is 0.254 e. The van der Waals surface area contributed by atoms with Crippen molar-refractivity contribution in [1.29, 1.82) is 0 Å². The molecule has 2 amide bonds. The van der Waals surface area contributed by atoms with Gasteiger partial charge in [0.15, 0.2) is 0 Å². The van der Waals surface area contributed by atoms with E-state index >= 15 is 0 Å². The zero-order valence-corrected chi connectivity index (χ0v) is 16.3. The highest BCUT2D eigenvalue weighted by atomic mass is 19.1. The van der Waals surface area contributed by atoms with Gasteiger partial charge >= 0.3 is 0 Å². The van der Waals surface area contributed by atoms with Crippen LogP contribution in [0.1, 0.15) is 56.3 Å². The molecule has 0 radical (unpaired) electrons. The Hall–Kier alpha value is -1.95. The maximum atomic E-state index is 13.7. The largest absolute Gasteiger partial charge is 0.349 e. The van der Waals surface area contributed by atoms with Gasteiger partial charge in [-0.05, 0) is 58.1 Å². The third-order valence-corrected chi connectivity index (χ3v) is 5.88. The molecule has 2 unspecified atom stereocenters. The average molecular weight is 375 g/mol. The van der Waals surface area contributed by atoms with Crippen LogP contribution in [0.2, 0.25) is 0 Å².